The zero-order chi connectivity index (χ0) is 18.0. The summed E-state index contributed by atoms with van der Waals surface area (Å²) in [5.41, 5.74) is 0.460. The molecule has 7 nitrogen and oxygen atoms in total. The number of aromatic nitrogens is 4. The van der Waals surface area contributed by atoms with Crippen molar-refractivity contribution in [2.24, 2.45) is 19.5 Å². The molecule has 134 valence electrons. The van der Waals surface area contributed by atoms with E-state index in [-0.39, 0.29) is 16.7 Å². The Morgan fingerprint density at radius 3 is 2.72 bits per heavy atom. The number of imidazole rings is 1. The third kappa shape index (κ3) is 3.37. The van der Waals surface area contributed by atoms with Crippen molar-refractivity contribution in [1.82, 2.24) is 24.0 Å². The zero-order valence-electron chi connectivity index (χ0n) is 15.0. The van der Waals surface area contributed by atoms with Crippen molar-refractivity contribution in [3.8, 4) is 0 Å². The standard InChI is InChI=1S/C18H25N5O2/c1-18(7-5-4-6-8-18)9-10-19-11-12-23-13-20-15-14(23)16(24)22(3)17(25)21(15)2/h4-7,13,19H,8-12H2,1-3H3. The molecule has 2 aromatic rings. The van der Waals surface area contributed by atoms with Crippen molar-refractivity contribution < 1.29 is 0 Å². The first kappa shape index (κ1) is 17.4. The van der Waals surface area contributed by atoms with Gasteiger partial charge in [-0.15, -0.1) is 0 Å². The molecule has 0 saturated heterocycles. The van der Waals surface area contributed by atoms with E-state index in [1.807, 2.05) is 4.57 Å². The van der Waals surface area contributed by atoms with E-state index in [0.29, 0.717) is 17.7 Å². The van der Waals surface area contributed by atoms with Gasteiger partial charge in [0, 0.05) is 27.2 Å². The number of fused-ring (bicyclic) bond motifs is 1. The van der Waals surface area contributed by atoms with E-state index in [1.54, 1.807) is 13.4 Å². The zero-order valence-corrected chi connectivity index (χ0v) is 15.0. The Bertz CT molecular complexity index is 947. The highest BCUT2D eigenvalue weighted by atomic mass is 16.2. The normalized spacial score (nSPS) is 19.8. The first-order chi connectivity index (χ1) is 11.9. The first-order valence-corrected chi connectivity index (χ1v) is 8.59. The van der Waals surface area contributed by atoms with E-state index >= 15 is 0 Å². The van der Waals surface area contributed by atoms with Crippen LogP contribution in [0.15, 0.2) is 40.2 Å². The largest absolute Gasteiger partial charge is 0.332 e. The maximum absolute atomic E-state index is 12.4. The fourth-order valence-corrected chi connectivity index (χ4v) is 3.22. The van der Waals surface area contributed by atoms with Crippen LogP contribution in [0.25, 0.3) is 11.2 Å². The highest BCUT2D eigenvalue weighted by molar-refractivity contribution is 5.69. The number of hydrogen-bond acceptors (Lipinski definition) is 4. The second kappa shape index (κ2) is 6.84. The Morgan fingerprint density at radius 2 is 2.00 bits per heavy atom. The second-order valence-electron chi connectivity index (χ2n) is 6.96. The minimum absolute atomic E-state index is 0.220. The Kier molecular flexibility index (Phi) is 4.76. The Labute approximate surface area is 146 Å². The average Bonchev–Trinajstić information content (AvgIpc) is 3.02. The quantitative estimate of drug-likeness (QED) is 0.792. The molecule has 0 saturated carbocycles. The van der Waals surface area contributed by atoms with Gasteiger partial charge >= 0.3 is 5.69 Å². The molecule has 0 bridgehead atoms. The van der Waals surface area contributed by atoms with Gasteiger partial charge < -0.3 is 9.88 Å². The van der Waals surface area contributed by atoms with Crippen LogP contribution in [-0.2, 0) is 20.6 Å². The summed E-state index contributed by atoms with van der Waals surface area (Å²) in [6, 6.07) is 0. The molecule has 0 aromatic carbocycles. The molecule has 2 heterocycles. The summed E-state index contributed by atoms with van der Waals surface area (Å²) in [6.45, 7) is 4.56. The van der Waals surface area contributed by atoms with Gasteiger partial charge in [-0.1, -0.05) is 31.2 Å². The Hall–Kier alpha value is -2.41. The van der Waals surface area contributed by atoms with Crippen molar-refractivity contribution in [3.63, 3.8) is 0 Å². The van der Waals surface area contributed by atoms with Gasteiger partial charge in [-0.05, 0) is 24.8 Å². The van der Waals surface area contributed by atoms with Crippen molar-refractivity contribution >= 4 is 11.2 Å². The molecule has 25 heavy (non-hydrogen) atoms. The summed E-state index contributed by atoms with van der Waals surface area (Å²) in [4.78, 5) is 28.6. The molecule has 1 unspecified atom stereocenters. The minimum atomic E-state index is -0.358. The van der Waals surface area contributed by atoms with Gasteiger partial charge in [-0.3, -0.25) is 13.9 Å². The van der Waals surface area contributed by atoms with Crippen LogP contribution in [0.1, 0.15) is 19.8 Å². The summed E-state index contributed by atoms with van der Waals surface area (Å²) in [7, 11) is 3.12. The summed E-state index contributed by atoms with van der Waals surface area (Å²) in [5.74, 6) is 0. The second-order valence-corrected chi connectivity index (χ2v) is 6.96. The Balaban J connectivity index is 1.63. The molecule has 7 heteroatoms. The van der Waals surface area contributed by atoms with Crippen molar-refractivity contribution in [1.29, 1.82) is 0 Å². The van der Waals surface area contributed by atoms with E-state index < -0.39 is 0 Å². The van der Waals surface area contributed by atoms with Crippen LogP contribution >= 0.6 is 0 Å². The van der Waals surface area contributed by atoms with E-state index in [2.05, 4.69) is 41.5 Å². The molecular formula is C18H25N5O2. The lowest BCUT2D eigenvalue weighted by atomic mass is 9.81. The van der Waals surface area contributed by atoms with Crippen LogP contribution in [0.5, 0.6) is 0 Å². The van der Waals surface area contributed by atoms with Crippen molar-refractivity contribution in [3.05, 3.63) is 51.5 Å². The summed E-state index contributed by atoms with van der Waals surface area (Å²) < 4.78 is 4.34. The first-order valence-electron chi connectivity index (χ1n) is 8.59. The predicted octanol–water partition coefficient (Wildman–Crippen LogP) is 0.936. The average molecular weight is 343 g/mol. The number of aryl methyl sites for hydroxylation is 1. The Morgan fingerprint density at radius 1 is 1.20 bits per heavy atom. The number of nitrogens with one attached hydrogen (secondary N) is 1. The molecule has 1 atom stereocenters. The molecule has 0 aliphatic heterocycles. The van der Waals surface area contributed by atoms with E-state index in [0.717, 1.165) is 30.5 Å². The number of rotatable bonds is 6. The van der Waals surface area contributed by atoms with E-state index in [9.17, 15) is 9.59 Å². The molecule has 3 rings (SSSR count). The fourth-order valence-electron chi connectivity index (χ4n) is 3.22. The lowest BCUT2D eigenvalue weighted by Crippen LogP contribution is -2.37. The van der Waals surface area contributed by atoms with Gasteiger partial charge in [0.15, 0.2) is 11.2 Å². The minimum Gasteiger partial charge on any atom is -0.323 e. The topological polar surface area (TPSA) is 73.8 Å². The lowest BCUT2D eigenvalue weighted by molar-refractivity contribution is 0.380. The van der Waals surface area contributed by atoms with Gasteiger partial charge in [0.25, 0.3) is 5.56 Å². The monoisotopic (exact) mass is 343 g/mol. The maximum Gasteiger partial charge on any atom is 0.332 e. The van der Waals surface area contributed by atoms with Crippen molar-refractivity contribution in [2.75, 3.05) is 13.1 Å². The number of nitrogens with zero attached hydrogens (tertiary/aromatic N) is 4. The highest BCUT2D eigenvalue weighted by Crippen LogP contribution is 2.30. The van der Waals surface area contributed by atoms with Crippen LogP contribution < -0.4 is 16.6 Å². The third-order valence-corrected chi connectivity index (χ3v) is 4.95. The summed E-state index contributed by atoms with van der Waals surface area (Å²) >= 11 is 0. The summed E-state index contributed by atoms with van der Waals surface area (Å²) in [5, 5.41) is 3.44. The molecule has 1 aliphatic carbocycles. The van der Waals surface area contributed by atoms with E-state index in [1.165, 1.54) is 11.6 Å². The van der Waals surface area contributed by atoms with Gasteiger partial charge in [0.05, 0.1) is 6.33 Å². The van der Waals surface area contributed by atoms with Gasteiger partial charge in [-0.2, -0.15) is 0 Å². The smallest absolute Gasteiger partial charge is 0.323 e. The number of hydrogen-bond donors (Lipinski definition) is 1. The molecule has 2 aromatic heterocycles. The molecule has 1 aliphatic rings. The molecule has 0 fully saturated rings. The lowest BCUT2D eigenvalue weighted by Gasteiger charge is -2.26. The van der Waals surface area contributed by atoms with Crippen LogP contribution in [0.4, 0.5) is 0 Å². The third-order valence-electron chi connectivity index (χ3n) is 4.95. The SMILES string of the molecule is Cn1c(=O)c2c(ncn2CCNCCC2(C)C=CC=CC2)n(C)c1=O. The van der Waals surface area contributed by atoms with Gasteiger partial charge in [0.1, 0.15) is 0 Å². The number of allylic oxidation sites excluding steroid dienone is 4. The fraction of sp³-hybridized carbons (Fsp3) is 0.500. The molecule has 0 radical (unpaired) electrons. The van der Waals surface area contributed by atoms with Gasteiger partial charge in [-0.25, -0.2) is 9.78 Å². The summed E-state index contributed by atoms with van der Waals surface area (Å²) in [6.07, 6.45) is 12.4. The maximum atomic E-state index is 12.4. The molecular weight excluding hydrogens is 318 g/mol. The van der Waals surface area contributed by atoms with Crippen LogP contribution in [0, 0.1) is 5.41 Å². The van der Waals surface area contributed by atoms with Crippen LogP contribution in [0.2, 0.25) is 0 Å². The van der Waals surface area contributed by atoms with Gasteiger partial charge in [0.2, 0.25) is 0 Å². The van der Waals surface area contributed by atoms with E-state index in [4.69, 9.17) is 0 Å². The molecule has 1 N–H and O–H groups in total. The van der Waals surface area contributed by atoms with Crippen LogP contribution in [-0.4, -0.2) is 31.8 Å². The van der Waals surface area contributed by atoms with Crippen molar-refractivity contribution in [2.45, 2.75) is 26.3 Å². The predicted molar refractivity (Wildman–Crippen MR) is 98.7 cm³/mol. The molecule has 0 amide bonds. The van der Waals surface area contributed by atoms with Crippen LogP contribution in [0.3, 0.4) is 0 Å². The molecule has 0 spiro atoms. The highest BCUT2D eigenvalue weighted by Gasteiger charge is 2.20.